The molecule has 7 rings (SSSR count). The van der Waals surface area contributed by atoms with E-state index in [0.29, 0.717) is 23.7 Å². The van der Waals surface area contributed by atoms with Gasteiger partial charge in [0.2, 0.25) is 0 Å². The largest absolute Gasteiger partial charge is 0.355 e. The van der Waals surface area contributed by atoms with Crippen LogP contribution in [0.4, 0.5) is 14.6 Å². The topological polar surface area (TPSA) is 73.9 Å². The predicted octanol–water partition coefficient (Wildman–Crippen LogP) is 5.07. The summed E-state index contributed by atoms with van der Waals surface area (Å²) in [5, 5.41) is 19.0. The molecule has 3 fully saturated rings. The van der Waals surface area contributed by atoms with Gasteiger partial charge in [0, 0.05) is 60.6 Å². The Hall–Kier alpha value is -3.09. The number of fused-ring (bicyclic) bond motifs is 3. The average molecular weight is 522 g/mol. The van der Waals surface area contributed by atoms with Crippen LogP contribution in [0.2, 0.25) is 5.02 Å². The second-order valence-corrected chi connectivity index (χ2v) is 12.1. The number of alkyl halides is 2. The van der Waals surface area contributed by atoms with Crippen LogP contribution >= 0.6 is 11.6 Å². The molecule has 0 radical (unpaired) electrons. The Morgan fingerprint density at radius 1 is 1.08 bits per heavy atom. The molecular formula is C27H26ClF2N7. The Labute approximate surface area is 218 Å². The molecule has 1 spiro atoms. The van der Waals surface area contributed by atoms with E-state index in [1.54, 1.807) is 12.3 Å². The molecule has 0 atom stereocenters. The van der Waals surface area contributed by atoms with Crippen molar-refractivity contribution in [2.24, 2.45) is 5.41 Å². The quantitative estimate of drug-likeness (QED) is 0.479. The Balaban J connectivity index is 1.14. The van der Waals surface area contributed by atoms with Crippen LogP contribution in [0, 0.1) is 16.7 Å². The predicted molar refractivity (Wildman–Crippen MR) is 134 cm³/mol. The van der Waals surface area contributed by atoms with Crippen molar-refractivity contribution in [3.63, 3.8) is 0 Å². The van der Waals surface area contributed by atoms with Gasteiger partial charge < -0.3 is 4.90 Å². The van der Waals surface area contributed by atoms with Gasteiger partial charge in [-0.15, -0.1) is 10.2 Å². The molecule has 2 aliphatic carbocycles. The van der Waals surface area contributed by atoms with Crippen molar-refractivity contribution >= 4 is 17.4 Å². The van der Waals surface area contributed by atoms with Gasteiger partial charge in [-0.3, -0.25) is 9.47 Å². The van der Waals surface area contributed by atoms with Crippen molar-refractivity contribution in [1.29, 1.82) is 5.26 Å². The van der Waals surface area contributed by atoms with Crippen molar-refractivity contribution in [1.82, 2.24) is 24.6 Å². The van der Waals surface area contributed by atoms with Crippen molar-refractivity contribution < 1.29 is 8.78 Å². The van der Waals surface area contributed by atoms with Crippen LogP contribution in [0.25, 0.3) is 5.69 Å². The van der Waals surface area contributed by atoms with Crippen LogP contribution in [0.5, 0.6) is 0 Å². The van der Waals surface area contributed by atoms with E-state index >= 15 is 0 Å². The molecule has 2 saturated carbocycles. The number of hydrogen-bond donors (Lipinski definition) is 0. The van der Waals surface area contributed by atoms with E-state index in [-0.39, 0.29) is 24.2 Å². The highest BCUT2D eigenvalue weighted by molar-refractivity contribution is 6.30. The second kappa shape index (κ2) is 7.71. The summed E-state index contributed by atoms with van der Waals surface area (Å²) in [6, 6.07) is 11.6. The fraction of sp³-hybridized carbons (Fsp3) is 0.481. The van der Waals surface area contributed by atoms with Gasteiger partial charge in [-0.25, -0.2) is 13.8 Å². The van der Waals surface area contributed by atoms with Crippen LogP contribution in [0.15, 0.2) is 36.5 Å². The molecule has 0 amide bonds. The molecule has 0 bridgehead atoms. The molecule has 10 heteroatoms. The molecule has 7 nitrogen and oxygen atoms in total. The van der Waals surface area contributed by atoms with E-state index in [0.717, 1.165) is 54.6 Å². The van der Waals surface area contributed by atoms with E-state index in [2.05, 4.69) is 35.6 Å². The van der Waals surface area contributed by atoms with Gasteiger partial charge in [-0.1, -0.05) is 11.6 Å². The van der Waals surface area contributed by atoms with Crippen LogP contribution < -0.4 is 4.90 Å². The van der Waals surface area contributed by atoms with Gasteiger partial charge >= 0.3 is 0 Å². The molecule has 1 saturated heterocycles. The molecular weight excluding hydrogens is 496 g/mol. The minimum atomic E-state index is -2.61. The van der Waals surface area contributed by atoms with Crippen molar-refractivity contribution in [3.05, 3.63) is 64.3 Å². The Morgan fingerprint density at radius 3 is 2.59 bits per heavy atom. The van der Waals surface area contributed by atoms with Crippen LogP contribution in [-0.2, 0) is 13.1 Å². The fourth-order valence-electron chi connectivity index (χ4n) is 6.97. The smallest absolute Gasteiger partial charge is 0.251 e. The highest BCUT2D eigenvalue weighted by atomic mass is 35.5. The average Bonchev–Trinajstić information content (AvgIpc) is 3.11. The summed E-state index contributed by atoms with van der Waals surface area (Å²) in [7, 11) is 0. The third-order valence-electron chi connectivity index (χ3n) is 8.75. The zero-order valence-corrected chi connectivity index (χ0v) is 21.2. The van der Waals surface area contributed by atoms with Crippen LogP contribution in [0.3, 0.4) is 0 Å². The first-order valence-electron chi connectivity index (χ1n) is 12.6. The van der Waals surface area contributed by atoms with E-state index in [4.69, 9.17) is 11.6 Å². The lowest BCUT2D eigenvalue weighted by atomic mass is 9.57. The summed E-state index contributed by atoms with van der Waals surface area (Å²) in [5.74, 6) is 0.254. The summed E-state index contributed by atoms with van der Waals surface area (Å²) in [5.41, 5.74) is 2.26. The van der Waals surface area contributed by atoms with Crippen LogP contribution in [-0.4, -0.2) is 49.2 Å². The van der Waals surface area contributed by atoms with Crippen LogP contribution in [0.1, 0.15) is 61.3 Å². The molecule has 1 aromatic carbocycles. The zero-order chi connectivity index (χ0) is 25.6. The van der Waals surface area contributed by atoms with Gasteiger partial charge in [0.1, 0.15) is 11.6 Å². The Kier molecular flexibility index (Phi) is 4.81. The number of anilines is 1. The summed E-state index contributed by atoms with van der Waals surface area (Å²) in [6.07, 6.45) is 3.41. The summed E-state index contributed by atoms with van der Waals surface area (Å²) < 4.78 is 29.9. The van der Waals surface area contributed by atoms with Gasteiger partial charge in [0.15, 0.2) is 5.82 Å². The highest BCUT2D eigenvalue weighted by Gasteiger charge is 2.57. The second-order valence-electron chi connectivity index (χ2n) is 11.6. The van der Waals surface area contributed by atoms with E-state index in [1.807, 2.05) is 31.2 Å². The van der Waals surface area contributed by atoms with Gasteiger partial charge in [-0.2, -0.15) is 5.26 Å². The normalized spacial score (nSPS) is 23.2. The number of rotatable bonds is 3. The first kappa shape index (κ1) is 23.1. The van der Waals surface area contributed by atoms with Gasteiger partial charge in [-0.05, 0) is 55.7 Å². The number of halogens is 3. The summed E-state index contributed by atoms with van der Waals surface area (Å²) in [6.45, 7) is 4.76. The number of nitrogens with zero attached hydrogens (tertiary/aromatic N) is 7. The molecule has 190 valence electrons. The molecule has 2 aromatic heterocycles. The minimum absolute atomic E-state index is 0.148. The third kappa shape index (κ3) is 3.64. The van der Waals surface area contributed by atoms with Gasteiger partial charge in [0.05, 0.1) is 23.9 Å². The highest BCUT2D eigenvalue weighted by Crippen LogP contribution is 2.57. The fourth-order valence-corrected chi connectivity index (χ4v) is 7.17. The third-order valence-corrected chi connectivity index (χ3v) is 8.98. The molecule has 0 N–H and O–H groups in total. The maximum Gasteiger partial charge on any atom is 0.251 e. The molecule has 4 heterocycles. The number of pyridine rings is 1. The molecule has 2 aliphatic heterocycles. The first-order chi connectivity index (χ1) is 17.7. The number of nitriles is 1. The molecule has 4 aliphatic rings. The van der Waals surface area contributed by atoms with Crippen molar-refractivity contribution in [3.8, 4) is 11.8 Å². The number of aromatic nitrogens is 4. The molecule has 0 unspecified atom stereocenters. The maximum absolute atomic E-state index is 13.9. The standard InChI is InChI=1S/C27H26ClF2N7/c1-25(13-27(29,30)14-25)36-11-18-7-20(28)2-3-21(18)37-23(12-36)33-34-24(37)19-8-26(9-19)15-35(16-26)22-6-17(10-31)4-5-32-22/h2-7,19H,8-9,11-16H2,1H3. The summed E-state index contributed by atoms with van der Waals surface area (Å²) >= 11 is 6.37. The van der Waals surface area contributed by atoms with Gasteiger partial charge in [0.25, 0.3) is 5.92 Å². The number of hydrogen-bond acceptors (Lipinski definition) is 6. The maximum atomic E-state index is 13.9. The molecule has 37 heavy (non-hydrogen) atoms. The Morgan fingerprint density at radius 2 is 1.86 bits per heavy atom. The lowest BCUT2D eigenvalue weighted by Gasteiger charge is -2.59. The Bertz CT molecular complexity index is 1440. The SMILES string of the molecule is CC1(N2Cc3cc(Cl)ccc3-n3c(nnc3C3CC4(C3)CN(c3cc(C#N)ccn3)C4)C2)CC(F)(F)C1. The van der Waals surface area contributed by atoms with E-state index < -0.39 is 11.5 Å². The van der Waals surface area contributed by atoms with Crippen molar-refractivity contribution in [2.75, 3.05) is 18.0 Å². The van der Waals surface area contributed by atoms with E-state index in [9.17, 15) is 14.0 Å². The lowest BCUT2D eigenvalue weighted by Crippen LogP contribution is -2.62. The minimum Gasteiger partial charge on any atom is -0.355 e. The number of benzene rings is 1. The lowest BCUT2D eigenvalue weighted by molar-refractivity contribution is -0.173. The summed E-state index contributed by atoms with van der Waals surface area (Å²) in [4.78, 5) is 8.78. The monoisotopic (exact) mass is 521 g/mol. The first-order valence-corrected chi connectivity index (χ1v) is 13.0. The van der Waals surface area contributed by atoms with E-state index in [1.165, 1.54) is 0 Å². The van der Waals surface area contributed by atoms with Crippen molar-refractivity contribution in [2.45, 2.75) is 63.1 Å². The molecule has 3 aromatic rings. The zero-order valence-electron chi connectivity index (χ0n) is 20.5.